The molecule has 0 bridgehead atoms. The Morgan fingerprint density at radius 3 is 2.71 bits per heavy atom. The predicted molar refractivity (Wildman–Crippen MR) is 129 cm³/mol. The van der Waals surface area contributed by atoms with Gasteiger partial charge in [-0.25, -0.2) is 9.82 Å². The summed E-state index contributed by atoms with van der Waals surface area (Å²) in [6.45, 7) is 2.40. The molecule has 3 rings (SSSR count). The number of amides is 2. The molecular weight excluding hydrogens is 461 g/mol. The zero-order chi connectivity index (χ0) is 24.5. The van der Waals surface area contributed by atoms with Gasteiger partial charge in [-0.2, -0.15) is 5.10 Å². The molecule has 0 saturated carbocycles. The van der Waals surface area contributed by atoms with E-state index in [0.29, 0.717) is 52.5 Å². The highest BCUT2D eigenvalue weighted by Gasteiger charge is 2.15. The van der Waals surface area contributed by atoms with Crippen molar-refractivity contribution in [1.29, 1.82) is 0 Å². The minimum Gasteiger partial charge on any atom is -0.493 e. The number of halogens is 1. The standard InChI is InChI=1S/C24H26FN3O5S/c1-4-33-20-9-8-15(12-21(20)32-3)24(30)26-13-22(29)28-27-19(10-11-31-2)17-14-34-23-16(17)6-5-7-18(23)25/h5-9,12,14H,4,10-11,13H2,1-3H3,(H,26,30)(H,28,29)/b27-19-. The van der Waals surface area contributed by atoms with Gasteiger partial charge in [0.15, 0.2) is 11.5 Å². The van der Waals surface area contributed by atoms with Gasteiger partial charge in [0.2, 0.25) is 0 Å². The maximum Gasteiger partial charge on any atom is 0.259 e. The highest BCUT2D eigenvalue weighted by Crippen LogP contribution is 2.29. The van der Waals surface area contributed by atoms with E-state index in [2.05, 4.69) is 15.8 Å². The second-order valence-electron chi connectivity index (χ2n) is 7.08. The lowest BCUT2D eigenvalue weighted by molar-refractivity contribution is -0.120. The van der Waals surface area contributed by atoms with E-state index >= 15 is 0 Å². The number of methoxy groups -OCH3 is 2. The Labute approximate surface area is 200 Å². The van der Waals surface area contributed by atoms with Crippen LogP contribution in [0.3, 0.4) is 0 Å². The fourth-order valence-corrected chi connectivity index (χ4v) is 4.19. The molecule has 0 unspecified atom stereocenters. The van der Waals surface area contributed by atoms with Crippen molar-refractivity contribution in [3.05, 3.63) is 58.7 Å². The average molecular weight is 488 g/mol. The van der Waals surface area contributed by atoms with E-state index < -0.39 is 11.8 Å². The Balaban J connectivity index is 1.66. The van der Waals surface area contributed by atoms with E-state index in [1.165, 1.54) is 24.5 Å². The molecule has 0 fully saturated rings. The van der Waals surface area contributed by atoms with Crippen LogP contribution in [0.1, 0.15) is 29.3 Å². The molecule has 0 aliphatic heterocycles. The molecule has 10 heteroatoms. The topological polar surface area (TPSA) is 98.2 Å². The van der Waals surface area contributed by atoms with Crippen molar-refractivity contribution in [3.63, 3.8) is 0 Å². The average Bonchev–Trinajstić information content (AvgIpc) is 3.28. The summed E-state index contributed by atoms with van der Waals surface area (Å²) in [5.41, 5.74) is 4.06. The lowest BCUT2D eigenvalue weighted by Gasteiger charge is -2.11. The number of fused-ring (bicyclic) bond motifs is 1. The van der Waals surface area contributed by atoms with Crippen LogP contribution in [-0.2, 0) is 9.53 Å². The van der Waals surface area contributed by atoms with Crippen LogP contribution in [0.15, 0.2) is 46.9 Å². The second-order valence-corrected chi connectivity index (χ2v) is 7.96. The van der Waals surface area contributed by atoms with Crippen LogP contribution in [0.4, 0.5) is 4.39 Å². The quantitative estimate of drug-likeness (QED) is 0.317. The second kappa shape index (κ2) is 12.1. The van der Waals surface area contributed by atoms with Gasteiger partial charge in [0.25, 0.3) is 11.8 Å². The Morgan fingerprint density at radius 2 is 1.97 bits per heavy atom. The third-order valence-electron chi connectivity index (χ3n) is 4.86. The number of hydrogen-bond acceptors (Lipinski definition) is 7. The van der Waals surface area contributed by atoms with E-state index in [-0.39, 0.29) is 12.4 Å². The van der Waals surface area contributed by atoms with Gasteiger partial charge in [-0.1, -0.05) is 12.1 Å². The van der Waals surface area contributed by atoms with Gasteiger partial charge < -0.3 is 19.5 Å². The van der Waals surface area contributed by atoms with Crippen molar-refractivity contribution < 1.29 is 28.2 Å². The zero-order valence-electron chi connectivity index (χ0n) is 19.1. The molecule has 1 heterocycles. The van der Waals surface area contributed by atoms with Crippen molar-refractivity contribution in [2.45, 2.75) is 13.3 Å². The Morgan fingerprint density at radius 1 is 1.15 bits per heavy atom. The maximum atomic E-state index is 14.1. The lowest BCUT2D eigenvalue weighted by atomic mass is 10.1. The van der Waals surface area contributed by atoms with Crippen LogP contribution in [0.2, 0.25) is 0 Å². The lowest BCUT2D eigenvalue weighted by Crippen LogP contribution is -2.35. The monoisotopic (exact) mass is 487 g/mol. The first-order valence-electron chi connectivity index (χ1n) is 10.6. The van der Waals surface area contributed by atoms with Crippen LogP contribution in [0.25, 0.3) is 10.1 Å². The van der Waals surface area contributed by atoms with Crippen molar-refractivity contribution in [1.82, 2.24) is 10.7 Å². The zero-order valence-corrected chi connectivity index (χ0v) is 20.0. The fourth-order valence-electron chi connectivity index (χ4n) is 3.21. The van der Waals surface area contributed by atoms with Crippen LogP contribution in [0, 0.1) is 5.82 Å². The van der Waals surface area contributed by atoms with Gasteiger partial charge in [0, 0.05) is 35.4 Å². The first kappa shape index (κ1) is 25.1. The summed E-state index contributed by atoms with van der Waals surface area (Å²) in [5.74, 6) is -0.312. The molecule has 2 N–H and O–H groups in total. The molecule has 1 aromatic heterocycles. The SMILES string of the molecule is CCOc1ccc(C(=O)NCC(=O)N/N=C(/CCOC)c2csc3c(F)cccc23)cc1OC. The molecule has 0 atom stereocenters. The number of carbonyl (C=O) groups excluding carboxylic acids is 2. The van der Waals surface area contributed by atoms with Crippen molar-refractivity contribution >= 4 is 38.9 Å². The highest BCUT2D eigenvalue weighted by atomic mass is 32.1. The number of benzene rings is 2. The maximum absolute atomic E-state index is 14.1. The Hall–Kier alpha value is -3.50. The van der Waals surface area contributed by atoms with Crippen LogP contribution < -0.4 is 20.2 Å². The predicted octanol–water partition coefficient (Wildman–Crippen LogP) is 3.73. The van der Waals surface area contributed by atoms with E-state index in [4.69, 9.17) is 14.2 Å². The van der Waals surface area contributed by atoms with Gasteiger partial charge in [-0.15, -0.1) is 11.3 Å². The number of rotatable bonds is 11. The molecule has 0 aliphatic rings. The molecule has 0 spiro atoms. The number of thiophene rings is 1. The molecule has 0 aliphatic carbocycles. The summed E-state index contributed by atoms with van der Waals surface area (Å²) in [6.07, 6.45) is 0.414. The first-order chi connectivity index (χ1) is 16.5. The first-order valence-corrected chi connectivity index (χ1v) is 11.5. The molecule has 3 aromatic rings. The third-order valence-corrected chi connectivity index (χ3v) is 5.86. The minimum absolute atomic E-state index is 0.283. The summed E-state index contributed by atoms with van der Waals surface area (Å²) in [6, 6.07) is 9.60. The van der Waals surface area contributed by atoms with Gasteiger partial charge in [0.05, 0.1) is 37.3 Å². The molecule has 2 aromatic carbocycles. The van der Waals surface area contributed by atoms with Crippen molar-refractivity contribution in [3.8, 4) is 11.5 Å². The summed E-state index contributed by atoms with van der Waals surface area (Å²) < 4.78 is 30.4. The molecule has 34 heavy (non-hydrogen) atoms. The van der Waals surface area contributed by atoms with E-state index in [9.17, 15) is 14.0 Å². The van der Waals surface area contributed by atoms with Crippen molar-refractivity contribution in [2.75, 3.05) is 34.0 Å². The summed E-state index contributed by atoms with van der Waals surface area (Å²) in [7, 11) is 3.05. The summed E-state index contributed by atoms with van der Waals surface area (Å²) in [5, 5.41) is 9.29. The number of nitrogens with one attached hydrogen (secondary N) is 2. The molecule has 2 amide bonds. The van der Waals surface area contributed by atoms with E-state index in [1.807, 2.05) is 6.92 Å². The fraction of sp³-hybridized carbons (Fsp3) is 0.292. The number of hydrogen-bond donors (Lipinski definition) is 2. The van der Waals surface area contributed by atoms with E-state index in [0.717, 1.165) is 5.56 Å². The highest BCUT2D eigenvalue weighted by molar-refractivity contribution is 7.17. The van der Waals surface area contributed by atoms with Crippen LogP contribution >= 0.6 is 11.3 Å². The van der Waals surface area contributed by atoms with E-state index in [1.54, 1.807) is 42.8 Å². The molecular formula is C24H26FN3O5S. The number of hydrazone groups is 1. The molecule has 180 valence electrons. The number of ether oxygens (including phenoxy) is 3. The Kier molecular flexibility index (Phi) is 8.94. The number of nitrogens with zero attached hydrogens (tertiary/aromatic N) is 1. The normalized spacial score (nSPS) is 11.4. The molecule has 0 radical (unpaired) electrons. The van der Waals surface area contributed by atoms with Gasteiger partial charge >= 0.3 is 0 Å². The summed E-state index contributed by atoms with van der Waals surface area (Å²) >= 11 is 1.27. The van der Waals surface area contributed by atoms with Gasteiger partial charge in [0.1, 0.15) is 5.82 Å². The van der Waals surface area contributed by atoms with Crippen molar-refractivity contribution in [2.24, 2.45) is 5.10 Å². The third kappa shape index (κ3) is 6.09. The number of carbonyl (C=O) groups is 2. The van der Waals surface area contributed by atoms with Gasteiger partial charge in [-0.05, 0) is 31.2 Å². The molecule has 8 nitrogen and oxygen atoms in total. The Bertz CT molecular complexity index is 1190. The van der Waals surface area contributed by atoms with Gasteiger partial charge in [-0.3, -0.25) is 9.59 Å². The summed E-state index contributed by atoms with van der Waals surface area (Å²) in [4.78, 5) is 24.8. The smallest absolute Gasteiger partial charge is 0.259 e. The molecule has 0 saturated heterocycles. The van der Waals surface area contributed by atoms with Crippen LogP contribution in [0.5, 0.6) is 11.5 Å². The minimum atomic E-state index is -0.508. The van der Waals surface area contributed by atoms with Crippen LogP contribution in [-0.4, -0.2) is 51.5 Å². The largest absolute Gasteiger partial charge is 0.493 e.